The van der Waals surface area contributed by atoms with Crippen molar-refractivity contribution in [3.63, 3.8) is 0 Å². The minimum Gasteiger partial charge on any atom is -0.491 e. The predicted molar refractivity (Wildman–Crippen MR) is 72.5 cm³/mol. The van der Waals surface area contributed by atoms with E-state index < -0.39 is 0 Å². The number of hydrogen-bond donors (Lipinski definition) is 2. The third-order valence-electron chi connectivity index (χ3n) is 1.99. The molecule has 0 unspecified atom stereocenters. The van der Waals surface area contributed by atoms with Gasteiger partial charge in [0.2, 0.25) is 0 Å². The highest BCUT2D eigenvalue weighted by atomic mass is 79.9. The second-order valence-corrected chi connectivity index (χ2v) is 4.56. The monoisotopic (exact) mass is 306 g/mol. The van der Waals surface area contributed by atoms with Crippen LogP contribution in [-0.4, -0.2) is 19.7 Å². The van der Waals surface area contributed by atoms with Gasteiger partial charge in [0, 0.05) is 11.6 Å². The topological polar surface area (TPSA) is 47.3 Å². The Morgan fingerprint density at radius 3 is 2.88 bits per heavy atom. The van der Waals surface area contributed by atoms with Crippen LogP contribution in [0.4, 0.5) is 5.69 Å². The third-order valence-corrected chi connectivity index (χ3v) is 2.80. The molecule has 0 aliphatic heterocycles. The van der Waals surface area contributed by atoms with Crippen LogP contribution in [0.3, 0.4) is 0 Å². The van der Waals surface area contributed by atoms with Crippen LogP contribution in [0.25, 0.3) is 0 Å². The molecule has 0 saturated heterocycles. The van der Waals surface area contributed by atoms with Crippen LogP contribution in [0, 0.1) is 0 Å². The molecular formula is C11H16BrClN2O. The summed E-state index contributed by atoms with van der Waals surface area (Å²) in [5, 5.41) is 3.93. The molecule has 0 radical (unpaired) electrons. The Hall–Kier alpha value is -0.450. The Morgan fingerprint density at radius 1 is 1.50 bits per heavy atom. The lowest BCUT2D eigenvalue weighted by molar-refractivity contribution is 0.339. The lowest BCUT2D eigenvalue weighted by Gasteiger charge is -2.14. The first-order valence-corrected chi connectivity index (χ1v) is 6.42. The van der Waals surface area contributed by atoms with Crippen molar-refractivity contribution in [3.05, 3.63) is 21.6 Å². The molecule has 0 bridgehead atoms. The van der Waals surface area contributed by atoms with Crippen LogP contribution in [-0.2, 0) is 0 Å². The van der Waals surface area contributed by atoms with Crippen LogP contribution < -0.4 is 15.8 Å². The van der Waals surface area contributed by atoms with E-state index in [1.54, 1.807) is 0 Å². The highest BCUT2D eigenvalue weighted by molar-refractivity contribution is 9.10. The van der Waals surface area contributed by atoms with Gasteiger partial charge in [0.25, 0.3) is 0 Å². The first kappa shape index (κ1) is 13.6. The lowest BCUT2D eigenvalue weighted by Crippen LogP contribution is -2.09. The number of hydrogen-bond acceptors (Lipinski definition) is 3. The van der Waals surface area contributed by atoms with Crippen molar-refractivity contribution < 1.29 is 4.74 Å². The van der Waals surface area contributed by atoms with Crippen LogP contribution in [0.15, 0.2) is 16.6 Å². The summed E-state index contributed by atoms with van der Waals surface area (Å²) in [4.78, 5) is 0. The van der Waals surface area contributed by atoms with E-state index >= 15 is 0 Å². The number of rotatable bonds is 6. The quantitative estimate of drug-likeness (QED) is 0.793. The zero-order valence-electron chi connectivity index (χ0n) is 9.22. The molecule has 0 spiro atoms. The Labute approximate surface area is 109 Å². The standard InChI is InChI=1S/C11H16BrClN2O/c1-2-16-11-9(12)6-8(13)7-10(11)15-5-3-4-14/h6-7,15H,2-5,14H2,1H3. The van der Waals surface area contributed by atoms with Gasteiger partial charge in [0.05, 0.1) is 16.8 Å². The van der Waals surface area contributed by atoms with E-state index in [9.17, 15) is 0 Å². The van der Waals surface area contributed by atoms with Gasteiger partial charge >= 0.3 is 0 Å². The number of benzene rings is 1. The Balaban J connectivity index is 2.85. The molecule has 0 atom stereocenters. The van der Waals surface area contributed by atoms with Crippen molar-refractivity contribution in [2.24, 2.45) is 5.73 Å². The van der Waals surface area contributed by atoms with Crippen molar-refractivity contribution >= 4 is 33.2 Å². The summed E-state index contributed by atoms with van der Waals surface area (Å²) >= 11 is 9.42. The third kappa shape index (κ3) is 3.85. The zero-order valence-corrected chi connectivity index (χ0v) is 11.6. The second-order valence-electron chi connectivity index (χ2n) is 3.27. The summed E-state index contributed by atoms with van der Waals surface area (Å²) in [6.45, 7) is 4.04. The molecule has 90 valence electrons. The van der Waals surface area contributed by atoms with Gasteiger partial charge in [0.15, 0.2) is 5.75 Å². The van der Waals surface area contributed by atoms with E-state index in [2.05, 4.69) is 21.2 Å². The summed E-state index contributed by atoms with van der Waals surface area (Å²) in [6.07, 6.45) is 0.912. The molecule has 0 aliphatic carbocycles. The molecule has 3 nitrogen and oxygen atoms in total. The fourth-order valence-electron chi connectivity index (χ4n) is 1.31. The Morgan fingerprint density at radius 2 is 2.25 bits per heavy atom. The minimum atomic E-state index is 0.617. The van der Waals surface area contributed by atoms with E-state index in [1.165, 1.54) is 0 Å². The summed E-state index contributed by atoms with van der Waals surface area (Å²) in [7, 11) is 0. The molecule has 0 heterocycles. The molecule has 0 aliphatic rings. The van der Waals surface area contributed by atoms with Crippen LogP contribution in [0.2, 0.25) is 5.02 Å². The van der Waals surface area contributed by atoms with E-state index in [-0.39, 0.29) is 0 Å². The van der Waals surface area contributed by atoms with E-state index in [1.807, 2.05) is 19.1 Å². The Kier molecular flexibility index (Phi) is 5.95. The fraction of sp³-hybridized carbons (Fsp3) is 0.455. The molecule has 5 heteroatoms. The van der Waals surface area contributed by atoms with E-state index in [4.69, 9.17) is 22.1 Å². The molecule has 1 aromatic carbocycles. The summed E-state index contributed by atoms with van der Waals surface area (Å²) in [5.41, 5.74) is 6.34. The molecule has 0 amide bonds. The van der Waals surface area contributed by atoms with Gasteiger partial charge < -0.3 is 15.8 Å². The number of nitrogens with one attached hydrogen (secondary N) is 1. The van der Waals surface area contributed by atoms with Gasteiger partial charge in [-0.1, -0.05) is 11.6 Å². The minimum absolute atomic E-state index is 0.617. The van der Waals surface area contributed by atoms with Crippen LogP contribution in [0.5, 0.6) is 5.75 Å². The highest BCUT2D eigenvalue weighted by Gasteiger charge is 2.09. The highest BCUT2D eigenvalue weighted by Crippen LogP contribution is 2.36. The van der Waals surface area contributed by atoms with E-state index in [0.29, 0.717) is 18.2 Å². The number of nitrogens with two attached hydrogens (primary N) is 1. The summed E-state index contributed by atoms with van der Waals surface area (Å²) < 4.78 is 6.41. The first-order chi connectivity index (χ1) is 7.69. The molecule has 16 heavy (non-hydrogen) atoms. The molecule has 1 aromatic rings. The second kappa shape index (κ2) is 6.99. The summed E-state index contributed by atoms with van der Waals surface area (Å²) in [5.74, 6) is 0.795. The van der Waals surface area contributed by atoms with Crippen LogP contribution in [0.1, 0.15) is 13.3 Å². The van der Waals surface area contributed by atoms with Crippen molar-refractivity contribution in [3.8, 4) is 5.75 Å². The van der Waals surface area contributed by atoms with Crippen molar-refractivity contribution in [1.29, 1.82) is 0 Å². The molecule has 0 aromatic heterocycles. The number of halogens is 2. The first-order valence-electron chi connectivity index (χ1n) is 5.24. The Bertz CT molecular complexity index is 347. The van der Waals surface area contributed by atoms with Gasteiger partial charge in [-0.2, -0.15) is 0 Å². The van der Waals surface area contributed by atoms with Crippen LogP contribution >= 0.6 is 27.5 Å². The van der Waals surface area contributed by atoms with Crippen molar-refractivity contribution in [2.45, 2.75) is 13.3 Å². The number of anilines is 1. The summed E-state index contributed by atoms with van der Waals surface area (Å²) in [6, 6.07) is 3.68. The van der Waals surface area contributed by atoms with Gasteiger partial charge in [-0.15, -0.1) is 0 Å². The average molecular weight is 308 g/mol. The van der Waals surface area contributed by atoms with Gasteiger partial charge in [-0.05, 0) is 48.0 Å². The number of ether oxygens (including phenoxy) is 1. The molecule has 0 fully saturated rings. The molecule has 0 saturated carbocycles. The fourth-order valence-corrected chi connectivity index (χ4v) is 2.23. The van der Waals surface area contributed by atoms with Crippen molar-refractivity contribution in [2.75, 3.05) is 25.0 Å². The van der Waals surface area contributed by atoms with Gasteiger partial charge in [0.1, 0.15) is 0 Å². The maximum absolute atomic E-state index is 5.98. The lowest BCUT2D eigenvalue weighted by atomic mass is 10.3. The zero-order chi connectivity index (χ0) is 12.0. The smallest absolute Gasteiger partial charge is 0.156 e. The molecular weight excluding hydrogens is 291 g/mol. The van der Waals surface area contributed by atoms with E-state index in [0.717, 1.165) is 28.9 Å². The normalized spacial score (nSPS) is 10.2. The predicted octanol–water partition coefficient (Wildman–Crippen LogP) is 3.26. The maximum atomic E-state index is 5.98. The average Bonchev–Trinajstić information content (AvgIpc) is 2.23. The molecule has 3 N–H and O–H groups in total. The SMILES string of the molecule is CCOc1c(Br)cc(Cl)cc1NCCCN. The van der Waals surface area contributed by atoms with Gasteiger partial charge in [-0.3, -0.25) is 0 Å². The van der Waals surface area contributed by atoms with Gasteiger partial charge in [-0.25, -0.2) is 0 Å². The largest absolute Gasteiger partial charge is 0.491 e. The molecule has 1 rings (SSSR count). The maximum Gasteiger partial charge on any atom is 0.156 e. The van der Waals surface area contributed by atoms with Crippen molar-refractivity contribution in [1.82, 2.24) is 0 Å².